The Hall–Kier alpha value is -2.63. The molecule has 0 saturated carbocycles. The van der Waals surface area contributed by atoms with Crippen LogP contribution in [0.2, 0.25) is 5.02 Å². The Kier molecular flexibility index (Phi) is 7.23. The van der Waals surface area contributed by atoms with Gasteiger partial charge in [0.25, 0.3) is 0 Å². The number of hydrogen-bond donors (Lipinski definition) is 3. The van der Waals surface area contributed by atoms with E-state index < -0.39 is 0 Å². The van der Waals surface area contributed by atoms with Gasteiger partial charge in [0.1, 0.15) is 11.3 Å². The van der Waals surface area contributed by atoms with Crippen molar-refractivity contribution in [1.29, 1.82) is 0 Å². The van der Waals surface area contributed by atoms with E-state index in [1.807, 2.05) is 36.4 Å². The summed E-state index contributed by atoms with van der Waals surface area (Å²) in [5.74, 6) is 0.215. The number of phenolic OH excluding ortho intramolecular Hbond substituents is 1. The fourth-order valence-electron chi connectivity index (χ4n) is 3.05. The highest BCUT2D eigenvalue weighted by atomic mass is 35.5. The molecule has 28 heavy (non-hydrogen) atoms. The van der Waals surface area contributed by atoms with Gasteiger partial charge < -0.3 is 15.7 Å². The molecule has 0 radical (unpaired) electrons. The van der Waals surface area contributed by atoms with Gasteiger partial charge in [0.05, 0.1) is 5.02 Å². The number of pyridine rings is 1. The second-order valence-electron chi connectivity index (χ2n) is 6.67. The number of fused-ring (bicyclic) bond motifs is 1. The number of anilines is 1. The topological polar surface area (TPSA) is 74.2 Å². The summed E-state index contributed by atoms with van der Waals surface area (Å²) in [5, 5.41) is 17.9. The lowest BCUT2D eigenvalue weighted by Gasteiger charge is -2.10. The standard InChI is InChI=1S/C22H24ClN3O2/c23-19-14-16(22(28)21-18(19)10-7-13-25-21)15-24-12-6-2-5-11-20(27)26-17-8-3-1-4-9-17/h1,3-4,7-10,13-14,24,28H,2,5-6,11-12,15H2,(H,26,27). The molecule has 3 rings (SSSR count). The van der Waals surface area contributed by atoms with Crippen molar-refractivity contribution < 1.29 is 9.90 Å². The Balaban J connectivity index is 1.36. The first-order valence-electron chi connectivity index (χ1n) is 9.46. The number of carbonyl (C=O) groups excluding carboxylic acids is 1. The highest BCUT2D eigenvalue weighted by Crippen LogP contribution is 2.32. The number of rotatable bonds is 9. The van der Waals surface area contributed by atoms with Gasteiger partial charge >= 0.3 is 0 Å². The zero-order chi connectivity index (χ0) is 19.8. The van der Waals surface area contributed by atoms with E-state index in [1.165, 1.54) is 0 Å². The van der Waals surface area contributed by atoms with Gasteiger partial charge in [-0.05, 0) is 49.7 Å². The van der Waals surface area contributed by atoms with Crippen molar-refractivity contribution in [2.45, 2.75) is 32.2 Å². The molecule has 0 unspecified atom stereocenters. The average molecular weight is 398 g/mol. The first-order valence-corrected chi connectivity index (χ1v) is 9.83. The molecule has 1 amide bonds. The molecule has 0 spiro atoms. The lowest BCUT2D eigenvalue weighted by molar-refractivity contribution is -0.116. The van der Waals surface area contributed by atoms with Gasteiger partial charge in [0, 0.05) is 35.8 Å². The summed E-state index contributed by atoms with van der Waals surface area (Å²) in [6.07, 6.45) is 4.92. The van der Waals surface area contributed by atoms with Crippen molar-refractivity contribution in [3.05, 3.63) is 65.3 Å². The molecule has 2 aromatic carbocycles. The lowest BCUT2D eigenvalue weighted by Crippen LogP contribution is -2.15. The minimum absolute atomic E-state index is 0.0439. The molecule has 0 saturated heterocycles. The summed E-state index contributed by atoms with van der Waals surface area (Å²) in [5.41, 5.74) is 2.09. The normalized spacial score (nSPS) is 10.9. The fraction of sp³-hybridized carbons (Fsp3) is 0.273. The number of benzene rings is 2. The van der Waals surface area contributed by atoms with Gasteiger partial charge in [-0.1, -0.05) is 36.2 Å². The van der Waals surface area contributed by atoms with Crippen molar-refractivity contribution in [2.75, 3.05) is 11.9 Å². The molecule has 6 heteroatoms. The van der Waals surface area contributed by atoms with E-state index >= 15 is 0 Å². The lowest BCUT2D eigenvalue weighted by atomic mass is 10.1. The maximum atomic E-state index is 11.9. The first-order chi connectivity index (χ1) is 13.6. The van der Waals surface area contributed by atoms with Crippen LogP contribution in [0.1, 0.15) is 31.2 Å². The minimum Gasteiger partial charge on any atom is -0.505 e. The van der Waals surface area contributed by atoms with E-state index in [9.17, 15) is 9.90 Å². The minimum atomic E-state index is 0.0439. The molecule has 0 aliphatic heterocycles. The fourth-order valence-corrected chi connectivity index (χ4v) is 3.34. The highest BCUT2D eigenvalue weighted by Gasteiger charge is 2.11. The summed E-state index contributed by atoms with van der Waals surface area (Å²) in [6, 6.07) is 14.9. The van der Waals surface area contributed by atoms with Crippen LogP contribution in [0.3, 0.4) is 0 Å². The van der Waals surface area contributed by atoms with Crippen LogP contribution in [0.5, 0.6) is 5.75 Å². The molecule has 1 heterocycles. The first kappa shape index (κ1) is 20.1. The largest absolute Gasteiger partial charge is 0.505 e. The van der Waals surface area contributed by atoms with E-state index in [0.29, 0.717) is 23.5 Å². The van der Waals surface area contributed by atoms with Crippen molar-refractivity contribution in [3.63, 3.8) is 0 Å². The predicted molar refractivity (Wildman–Crippen MR) is 114 cm³/mol. The van der Waals surface area contributed by atoms with Gasteiger partial charge in [-0.3, -0.25) is 9.78 Å². The zero-order valence-corrected chi connectivity index (χ0v) is 16.4. The van der Waals surface area contributed by atoms with Crippen LogP contribution in [-0.2, 0) is 11.3 Å². The molecular formula is C22H24ClN3O2. The monoisotopic (exact) mass is 397 g/mol. The second kappa shape index (κ2) is 10.1. The van der Waals surface area contributed by atoms with Crippen LogP contribution in [0.25, 0.3) is 10.9 Å². The Bertz CT molecular complexity index is 932. The van der Waals surface area contributed by atoms with Crippen LogP contribution in [0, 0.1) is 0 Å². The van der Waals surface area contributed by atoms with Gasteiger partial charge in [0.15, 0.2) is 0 Å². The van der Waals surface area contributed by atoms with Crippen molar-refractivity contribution in [3.8, 4) is 5.75 Å². The molecule has 3 aromatic rings. The number of para-hydroxylation sites is 1. The molecule has 0 atom stereocenters. The van der Waals surface area contributed by atoms with E-state index in [4.69, 9.17) is 11.6 Å². The zero-order valence-electron chi connectivity index (χ0n) is 15.6. The summed E-state index contributed by atoms with van der Waals surface area (Å²) in [7, 11) is 0. The third-order valence-electron chi connectivity index (χ3n) is 4.52. The number of unbranched alkanes of at least 4 members (excludes halogenated alkanes) is 2. The maximum absolute atomic E-state index is 11.9. The van der Waals surface area contributed by atoms with E-state index in [0.717, 1.165) is 42.4 Å². The van der Waals surface area contributed by atoms with Crippen molar-refractivity contribution in [1.82, 2.24) is 10.3 Å². The maximum Gasteiger partial charge on any atom is 0.224 e. The van der Waals surface area contributed by atoms with Crippen LogP contribution in [-0.4, -0.2) is 22.5 Å². The van der Waals surface area contributed by atoms with Gasteiger partial charge in [-0.25, -0.2) is 0 Å². The van der Waals surface area contributed by atoms with Gasteiger partial charge in [-0.15, -0.1) is 0 Å². The van der Waals surface area contributed by atoms with Crippen LogP contribution < -0.4 is 10.6 Å². The van der Waals surface area contributed by atoms with Crippen LogP contribution in [0.4, 0.5) is 5.69 Å². The molecule has 0 fully saturated rings. The average Bonchev–Trinajstić information content (AvgIpc) is 2.71. The third-order valence-corrected chi connectivity index (χ3v) is 4.84. The van der Waals surface area contributed by atoms with Crippen molar-refractivity contribution in [2.24, 2.45) is 0 Å². The van der Waals surface area contributed by atoms with E-state index in [2.05, 4.69) is 15.6 Å². The SMILES string of the molecule is O=C(CCCCCNCc1cc(Cl)c2cccnc2c1O)Nc1ccccc1. The molecule has 5 nitrogen and oxygen atoms in total. The number of nitrogens with one attached hydrogen (secondary N) is 2. The molecule has 3 N–H and O–H groups in total. The number of aromatic nitrogens is 1. The predicted octanol–water partition coefficient (Wildman–Crippen LogP) is 4.88. The van der Waals surface area contributed by atoms with Crippen molar-refractivity contribution >= 4 is 34.1 Å². The second-order valence-corrected chi connectivity index (χ2v) is 7.07. The summed E-state index contributed by atoms with van der Waals surface area (Å²) in [4.78, 5) is 16.1. The number of carbonyl (C=O) groups is 1. The number of hydrogen-bond acceptors (Lipinski definition) is 4. The number of phenols is 1. The van der Waals surface area contributed by atoms with Gasteiger partial charge in [0.2, 0.25) is 5.91 Å². The molecular weight excluding hydrogens is 374 g/mol. The molecule has 0 bridgehead atoms. The highest BCUT2D eigenvalue weighted by molar-refractivity contribution is 6.35. The Morgan fingerprint density at radius 3 is 2.71 bits per heavy atom. The summed E-state index contributed by atoms with van der Waals surface area (Å²) < 4.78 is 0. The molecule has 146 valence electrons. The Morgan fingerprint density at radius 1 is 1.07 bits per heavy atom. The molecule has 0 aliphatic carbocycles. The Labute approximate surface area is 169 Å². The van der Waals surface area contributed by atoms with E-state index in [-0.39, 0.29) is 11.7 Å². The van der Waals surface area contributed by atoms with Gasteiger partial charge in [-0.2, -0.15) is 0 Å². The smallest absolute Gasteiger partial charge is 0.224 e. The van der Waals surface area contributed by atoms with Crippen LogP contribution in [0.15, 0.2) is 54.7 Å². The summed E-state index contributed by atoms with van der Waals surface area (Å²) >= 11 is 6.29. The van der Waals surface area contributed by atoms with Crippen LogP contribution >= 0.6 is 11.6 Å². The quantitative estimate of drug-likeness (QED) is 0.450. The number of amides is 1. The number of aromatic hydroxyl groups is 1. The molecule has 1 aromatic heterocycles. The molecule has 0 aliphatic rings. The Morgan fingerprint density at radius 2 is 1.89 bits per heavy atom. The number of nitrogens with zero attached hydrogens (tertiary/aromatic N) is 1. The summed E-state index contributed by atoms with van der Waals surface area (Å²) in [6.45, 7) is 1.32. The number of halogens is 1. The van der Waals surface area contributed by atoms with E-state index in [1.54, 1.807) is 18.3 Å². The third kappa shape index (κ3) is 5.44.